The number of carbonyl (C=O) groups is 3. The number of morpholine rings is 1. The predicted octanol–water partition coefficient (Wildman–Crippen LogP) is 4.37. The van der Waals surface area contributed by atoms with Gasteiger partial charge in [0.2, 0.25) is 11.8 Å². The van der Waals surface area contributed by atoms with Gasteiger partial charge in [-0.1, -0.05) is 90.1 Å². The Morgan fingerprint density at radius 2 is 1.65 bits per heavy atom. The Balaban J connectivity index is 1.58. The molecule has 1 aromatic rings. The first-order valence-corrected chi connectivity index (χ1v) is 17.6. The first-order valence-electron chi connectivity index (χ1n) is 17.6. The van der Waals surface area contributed by atoms with Crippen LogP contribution in [0, 0.1) is 29.6 Å². The molecule has 0 aromatic heterocycles. The minimum absolute atomic E-state index is 0.0614. The van der Waals surface area contributed by atoms with E-state index < -0.39 is 35.6 Å². The molecule has 2 amide bonds. The molecule has 1 saturated carbocycles. The molecule has 2 fully saturated rings. The lowest BCUT2D eigenvalue weighted by Crippen LogP contribution is -2.53. The minimum Gasteiger partial charge on any atom is -0.390 e. The predicted molar refractivity (Wildman–Crippen MR) is 179 cm³/mol. The molecule has 2 aliphatic heterocycles. The van der Waals surface area contributed by atoms with E-state index >= 15 is 0 Å². The third-order valence-corrected chi connectivity index (χ3v) is 10.0. The molecule has 2 heterocycles. The largest absolute Gasteiger partial charge is 0.390 e. The van der Waals surface area contributed by atoms with Crippen LogP contribution in [0.1, 0.15) is 91.0 Å². The van der Waals surface area contributed by atoms with Crippen LogP contribution in [0.3, 0.4) is 0 Å². The van der Waals surface area contributed by atoms with Gasteiger partial charge in [0.15, 0.2) is 5.78 Å². The van der Waals surface area contributed by atoms with Gasteiger partial charge in [0.1, 0.15) is 11.6 Å². The number of hydrogen-bond donors (Lipinski definition) is 3. The van der Waals surface area contributed by atoms with Crippen molar-refractivity contribution in [3.8, 4) is 0 Å². The maximum absolute atomic E-state index is 14.6. The van der Waals surface area contributed by atoms with Crippen LogP contribution < -0.4 is 5.32 Å². The zero-order valence-corrected chi connectivity index (χ0v) is 28.4. The van der Waals surface area contributed by atoms with E-state index in [1.807, 2.05) is 58.0 Å². The zero-order chi connectivity index (χ0) is 33.3. The Labute approximate surface area is 275 Å². The van der Waals surface area contributed by atoms with Gasteiger partial charge in [-0.3, -0.25) is 19.4 Å². The highest BCUT2D eigenvalue weighted by Gasteiger charge is 2.51. The lowest BCUT2D eigenvalue weighted by atomic mass is 9.75. The third kappa shape index (κ3) is 9.71. The highest BCUT2D eigenvalue weighted by molar-refractivity contribution is 6.10. The first kappa shape index (κ1) is 36.2. The molecular weight excluding hydrogens is 582 g/mol. The number of aliphatic hydroxyl groups excluding tert-OH is 2. The van der Waals surface area contributed by atoms with Gasteiger partial charge in [-0.15, -0.1) is 0 Å². The van der Waals surface area contributed by atoms with Crippen molar-refractivity contribution in [1.29, 1.82) is 0 Å². The van der Waals surface area contributed by atoms with Crippen molar-refractivity contribution < 1.29 is 29.3 Å². The second-order valence-electron chi connectivity index (χ2n) is 14.8. The Kier molecular flexibility index (Phi) is 13.4. The lowest BCUT2D eigenvalue weighted by molar-refractivity contribution is -0.140. The summed E-state index contributed by atoms with van der Waals surface area (Å²) in [5.74, 6) is -1.48. The average Bonchev–Trinajstić information content (AvgIpc) is 3.34. The summed E-state index contributed by atoms with van der Waals surface area (Å²) in [7, 11) is 0. The van der Waals surface area contributed by atoms with Crippen molar-refractivity contribution in [1.82, 2.24) is 10.2 Å². The standard InChI is InChI=1S/C37H57N3O6/c1-25(2)19-29(36(45)39-31(21-27-11-7-5-8-12-27)34(43)32(41)20-26(3)4)30-24-38-37(35(30)44,22-28-13-9-6-10-14-28)23-33(42)40-15-17-46-18-16-40/h6,9-10,13-14,24-27,29-32,34,41,43H,5,7-8,11-12,15-23H2,1-4H3,(H,39,45)/t29-,30?,31+,32+,34-,37+/m1/s1. The Hall–Kier alpha value is -2.62. The molecule has 3 N–H and O–H groups in total. The van der Waals surface area contributed by atoms with Crippen LogP contribution in [0.25, 0.3) is 0 Å². The second-order valence-corrected chi connectivity index (χ2v) is 14.8. The fourth-order valence-corrected chi connectivity index (χ4v) is 7.56. The Morgan fingerprint density at radius 1 is 1.00 bits per heavy atom. The van der Waals surface area contributed by atoms with Crippen molar-refractivity contribution in [3.05, 3.63) is 35.9 Å². The summed E-state index contributed by atoms with van der Waals surface area (Å²) < 4.78 is 5.43. The van der Waals surface area contributed by atoms with Crippen molar-refractivity contribution >= 4 is 23.8 Å². The van der Waals surface area contributed by atoms with Crippen LogP contribution in [0.5, 0.6) is 0 Å². The molecular formula is C37H57N3O6. The highest BCUT2D eigenvalue weighted by atomic mass is 16.5. The van der Waals surface area contributed by atoms with Gasteiger partial charge in [0.25, 0.3) is 0 Å². The van der Waals surface area contributed by atoms with Crippen LogP contribution in [0.2, 0.25) is 0 Å². The van der Waals surface area contributed by atoms with Crippen LogP contribution in [0.4, 0.5) is 0 Å². The molecule has 9 nitrogen and oxygen atoms in total. The van der Waals surface area contributed by atoms with Crippen molar-refractivity contribution in [3.63, 3.8) is 0 Å². The van der Waals surface area contributed by atoms with E-state index in [9.17, 15) is 24.6 Å². The normalized spacial score (nSPS) is 25.1. The monoisotopic (exact) mass is 639 g/mol. The number of nitrogens with one attached hydrogen (secondary N) is 1. The summed E-state index contributed by atoms with van der Waals surface area (Å²) in [5, 5.41) is 25.4. The Morgan fingerprint density at radius 3 is 2.28 bits per heavy atom. The van der Waals surface area contributed by atoms with Gasteiger partial charge in [0.05, 0.1) is 43.6 Å². The number of hydrogen-bond acceptors (Lipinski definition) is 7. The van der Waals surface area contributed by atoms with Crippen LogP contribution in [-0.2, 0) is 25.5 Å². The Bertz CT molecular complexity index is 1160. The molecule has 6 atom stereocenters. The molecule has 1 unspecified atom stereocenters. The number of rotatable bonds is 15. The van der Waals surface area contributed by atoms with Gasteiger partial charge in [-0.2, -0.15) is 0 Å². The number of ether oxygens (including phenoxy) is 1. The summed E-state index contributed by atoms with van der Waals surface area (Å²) in [5.41, 5.74) is -0.395. The van der Waals surface area contributed by atoms with Crippen molar-refractivity contribution in [2.45, 2.75) is 116 Å². The van der Waals surface area contributed by atoms with Gasteiger partial charge in [-0.25, -0.2) is 0 Å². The lowest BCUT2D eigenvalue weighted by Gasteiger charge is -2.35. The van der Waals surface area contributed by atoms with Crippen molar-refractivity contribution in [2.24, 2.45) is 34.6 Å². The van der Waals surface area contributed by atoms with Crippen molar-refractivity contribution in [2.75, 3.05) is 26.3 Å². The summed E-state index contributed by atoms with van der Waals surface area (Å²) in [6.45, 7) is 9.94. The van der Waals surface area contributed by atoms with Gasteiger partial charge in [0, 0.05) is 25.7 Å². The average molecular weight is 640 g/mol. The van der Waals surface area contributed by atoms with Gasteiger partial charge < -0.3 is 25.2 Å². The number of carbonyl (C=O) groups excluding carboxylic acids is 3. The quantitative estimate of drug-likeness (QED) is 0.262. The van der Waals surface area contributed by atoms with E-state index in [0.717, 1.165) is 31.2 Å². The molecule has 0 bridgehead atoms. The third-order valence-electron chi connectivity index (χ3n) is 10.0. The van der Waals surface area contributed by atoms with Crippen LogP contribution >= 0.6 is 0 Å². The molecule has 9 heteroatoms. The molecule has 256 valence electrons. The van der Waals surface area contributed by atoms with Gasteiger partial charge >= 0.3 is 0 Å². The first-order chi connectivity index (χ1) is 22.0. The van der Waals surface area contributed by atoms with E-state index in [-0.39, 0.29) is 42.3 Å². The second kappa shape index (κ2) is 17.0. The van der Waals surface area contributed by atoms with E-state index in [4.69, 9.17) is 9.73 Å². The molecule has 1 aromatic carbocycles. The van der Waals surface area contributed by atoms with E-state index in [1.165, 1.54) is 6.42 Å². The maximum atomic E-state index is 14.6. The van der Waals surface area contributed by atoms with Gasteiger partial charge in [-0.05, 0) is 42.6 Å². The summed E-state index contributed by atoms with van der Waals surface area (Å²) in [4.78, 5) is 48.9. The number of aliphatic imine (C=N–C) groups is 1. The number of nitrogens with zero attached hydrogens (tertiary/aromatic N) is 2. The topological polar surface area (TPSA) is 129 Å². The molecule has 4 rings (SSSR count). The molecule has 3 aliphatic rings. The number of ketones is 1. The minimum atomic E-state index is -1.30. The molecule has 0 spiro atoms. The van der Waals surface area contributed by atoms with E-state index in [0.29, 0.717) is 51.5 Å². The summed E-state index contributed by atoms with van der Waals surface area (Å²) in [6, 6.07) is 8.99. The highest BCUT2D eigenvalue weighted by Crippen LogP contribution is 2.37. The fraction of sp³-hybridized carbons (Fsp3) is 0.730. The fourth-order valence-electron chi connectivity index (χ4n) is 7.56. The molecule has 46 heavy (non-hydrogen) atoms. The SMILES string of the molecule is CC(C)C[C@@H](C(=O)N[C@@H](CC1CCCCC1)[C@@H](O)[C@@H](O)CC(C)C)C1C=N[C@](CC(=O)N2CCOCC2)(Cc2ccccc2)C1=O. The number of Topliss-reactive ketones (excluding diaryl/α,β-unsaturated/α-hetero) is 1. The van der Waals surface area contributed by atoms with E-state index in [2.05, 4.69) is 5.32 Å². The smallest absolute Gasteiger partial charge is 0.225 e. The molecule has 0 radical (unpaired) electrons. The van der Waals surface area contributed by atoms with Crippen LogP contribution in [0.15, 0.2) is 35.3 Å². The number of benzene rings is 1. The summed E-state index contributed by atoms with van der Waals surface area (Å²) >= 11 is 0. The maximum Gasteiger partial charge on any atom is 0.225 e. The van der Waals surface area contributed by atoms with E-state index in [1.54, 1.807) is 11.1 Å². The number of amides is 2. The van der Waals surface area contributed by atoms with Crippen LogP contribution in [-0.4, -0.2) is 89.0 Å². The number of aliphatic hydroxyl groups is 2. The zero-order valence-electron chi connectivity index (χ0n) is 28.4. The summed E-state index contributed by atoms with van der Waals surface area (Å²) in [6.07, 6.45) is 6.78. The molecule has 1 saturated heterocycles. The molecule has 1 aliphatic carbocycles.